The largest absolute Gasteiger partial charge is 0.451 e. The zero-order valence-electron chi connectivity index (χ0n) is 10.2. The molecule has 2 aromatic rings. The fraction of sp³-hybridized carbons (Fsp3) is 0.143. The van der Waals surface area contributed by atoms with Crippen LogP contribution in [0.25, 0.3) is 0 Å². The highest BCUT2D eigenvalue weighted by atomic mass is 79.9. The highest BCUT2D eigenvalue weighted by Gasteiger charge is 2.09. The molecule has 0 spiro atoms. The second kappa shape index (κ2) is 6.12. The molecule has 0 aliphatic rings. The Kier molecular flexibility index (Phi) is 4.50. The normalized spacial score (nSPS) is 10.5. The van der Waals surface area contributed by atoms with E-state index in [1.807, 2.05) is 0 Å². The number of nitrogens with one attached hydrogen (secondary N) is 1. The Hall–Kier alpha value is -1.46. The van der Waals surface area contributed by atoms with Crippen molar-refractivity contribution < 1.29 is 13.5 Å². The van der Waals surface area contributed by atoms with Crippen LogP contribution < -0.4 is 10.1 Å². The van der Waals surface area contributed by atoms with E-state index in [2.05, 4.69) is 21.2 Å². The lowest BCUT2D eigenvalue weighted by molar-refractivity contribution is 0.414. The molecule has 100 valence electrons. The minimum Gasteiger partial charge on any atom is -0.451 e. The molecule has 5 heteroatoms. The van der Waals surface area contributed by atoms with Gasteiger partial charge in [0.1, 0.15) is 0 Å². The van der Waals surface area contributed by atoms with E-state index in [4.69, 9.17) is 4.74 Å². The van der Waals surface area contributed by atoms with Gasteiger partial charge in [-0.05, 0) is 42.9 Å². The summed E-state index contributed by atoms with van der Waals surface area (Å²) in [5.74, 6) is -1.08. The van der Waals surface area contributed by atoms with E-state index in [1.54, 1.807) is 19.2 Å². The Morgan fingerprint density at radius 1 is 1.05 bits per heavy atom. The molecule has 0 aliphatic heterocycles. The van der Waals surface area contributed by atoms with Crippen LogP contribution in [0.2, 0.25) is 0 Å². The van der Waals surface area contributed by atoms with E-state index in [0.29, 0.717) is 11.0 Å². The summed E-state index contributed by atoms with van der Waals surface area (Å²) in [7, 11) is 1.78. The minimum absolute atomic E-state index is 0.000996. The number of halogens is 3. The lowest BCUT2D eigenvalue weighted by Crippen LogP contribution is -2.05. The van der Waals surface area contributed by atoms with Crippen LogP contribution in [0.1, 0.15) is 5.56 Å². The van der Waals surface area contributed by atoms with Crippen LogP contribution in [-0.4, -0.2) is 7.05 Å². The second-order valence-corrected chi connectivity index (χ2v) is 4.89. The molecule has 0 saturated heterocycles. The summed E-state index contributed by atoms with van der Waals surface area (Å²) in [6, 6.07) is 8.92. The first-order valence-corrected chi connectivity index (χ1v) is 6.45. The predicted octanol–water partition coefficient (Wildman–Crippen LogP) is 4.24. The topological polar surface area (TPSA) is 21.3 Å². The maximum absolute atomic E-state index is 13.8. The molecule has 0 amide bonds. The minimum atomic E-state index is -0.548. The zero-order chi connectivity index (χ0) is 13.8. The molecule has 0 fully saturated rings. The van der Waals surface area contributed by atoms with E-state index in [0.717, 1.165) is 5.56 Å². The van der Waals surface area contributed by atoms with Crippen molar-refractivity contribution in [3.8, 4) is 11.5 Å². The Bertz CT molecular complexity index is 590. The Morgan fingerprint density at radius 3 is 2.26 bits per heavy atom. The van der Waals surface area contributed by atoms with Gasteiger partial charge in [-0.2, -0.15) is 0 Å². The van der Waals surface area contributed by atoms with E-state index in [-0.39, 0.29) is 11.5 Å². The smallest absolute Gasteiger partial charge is 0.166 e. The van der Waals surface area contributed by atoms with E-state index < -0.39 is 11.6 Å². The molecule has 0 aliphatic carbocycles. The van der Waals surface area contributed by atoms with Crippen LogP contribution in [-0.2, 0) is 6.54 Å². The summed E-state index contributed by atoms with van der Waals surface area (Å²) in [6.07, 6.45) is 0. The first-order chi connectivity index (χ1) is 9.10. The first kappa shape index (κ1) is 14.0. The average molecular weight is 328 g/mol. The van der Waals surface area contributed by atoms with Gasteiger partial charge in [0.25, 0.3) is 0 Å². The third-order valence-electron chi connectivity index (χ3n) is 2.49. The van der Waals surface area contributed by atoms with Crippen LogP contribution >= 0.6 is 15.9 Å². The van der Waals surface area contributed by atoms with Gasteiger partial charge in [0.15, 0.2) is 23.1 Å². The fourth-order valence-electron chi connectivity index (χ4n) is 1.62. The highest BCUT2D eigenvalue weighted by molar-refractivity contribution is 9.10. The summed E-state index contributed by atoms with van der Waals surface area (Å²) in [4.78, 5) is 0. The Labute approximate surface area is 118 Å². The van der Waals surface area contributed by atoms with Crippen molar-refractivity contribution >= 4 is 15.9 Å². The standard InChI is InChI=1S/C14H12BrF2NO/c1-18-8-9-2-4-13(11(16)6-9)19-14-5-3-10(15)7-12(14)17/h2-7,18H,8H2,1H3. The van der Waals surface area contributed by atoms with Crippen LogP contribution in [0.5, 0.6) is 11.5 Å². The van der Waals surface area contributed by atoms with E-state index >= 15 is 0 Å². The van der Waals surface area contributed by atoms with Crippen molar-refractivity contribution in [3.05, 3.63) is 58.1 Å². The molecule has 0 saturated carbocycles. The van der Waals surface area contributed by atoms with Gasteiger partial charge >= 0.3 is 0 Å². The van der Waals surface area contributed by atoms with Gasteiger partial charge < -0.3 is 10.1 Å². The molecule has 2 nitrogen and oxygen atoms in total. The first-order valence-electron chi connectivity index (χ1n) is 5.66. The maximum atomic E-state index is 13.8. The van der Waals surface area contributed by atoms with Crippen LogP contribution in [0.15, 0.2) is 40.9 Å². The third kappa shape index (κ3) is 3.52. The van der Waals surface area contributed by atoms with Crippen molar-refractivity contribution in [2.45, 2.75) is 6.54 Å². The number of hydrogen-bond acceptors (Lipinski definition) is 2. The Balaban J connectivity index is 2.23. The van der Waals surface area contributed by atoms with Gasteiger partial charge in [0.05, 0.1) is 0 Å². The van der Waals surface area contributed by atoms with Gasteiger partial charge in [-0.15, -0.1) is 0 Å². The molecular formula is C14H12BrF2NO. The molecule has 2 rings (SSSR count). The molecule has 0 bridgehead atoms. The predicted molar refractivity (Wildman–Crippen MR) is 73.3 cm³/mol. The van der Waals surface area contributed by atoms with E-state index in [9.17, 15) is 8.78 Å². The van der Waals surface area contributed by atoms with Crippen LogP contribution in [0.4, 0.5) is 8.78 Å². The highest BCUT2D eigenvalue weighted by Crippen LogP contribution is 2.28. The lowest BCUT2D eigenvalue weighted by atomic mass is 10.2. The summed E-state index contributed by atoms with van der Waals surface area (Å²) in [5, 5.41) is 2.92. The zero-order valence-corrected chi connectivity index (χ0v) is 11.8. The van der Waals surface area contributed by atoms with Crippen molar-refractivity contribution in [2.24, 2.45) is 0 Å². The summed E-state index contributed by atoms with van der Waals surface area (Å²) in [6.45, 7) is 0.559. The maximum Gasteiger partial charge on any atom is 0.166 e. The molecule has 0 aromatic heterocycles. The number of benzene rings is 2. The molecule has 1 N–H and O–H groups in total. The van der Waals surface area contributed by atoms with E-state index in [1.165, 1.54) is 24.3 Å². The van der Waals surface area contributed by atoms with Crippen LogP contribution in [0, 0.1) is 11.6 Å². The van der Waals surface area contributed by atoms with Gasteiger partial charge in [0.2, 0.25) is 0 Å². The third-order valence-corrected chi connectivity index (χ3v) is 2.98. The summed E-state index contributed by atoms with van der Waals surface area (Å²) >= 11 is 3.15. The number of hydrogen-bond donors (Lipinski definition) is 1. The molecule has 2 aromatic carbocycles. The summed E-state index contributed by atoms with van der Waals surface area (Å²) < 4.78 is 33.2. The molecular weight excluding hydrogens is 316 g/mol. The SMILES string of the molecule is CNCc1ccc(Oc2ccc(Br)cc2F)c(F)c1. The quantitative estimate of drug-likeness (QED) is 0.906. The van der Waals surface area contributed by atoms with Crippen molar-refractivity contribution in [1.82, 2.24) is 5.32 Å². The van der Waals surface area contributed by atoms with Gasteiger partial charge in [0, 0.05) is 11.0 Å². The Morgan fingerprint density at radius 2 is 1.68 bits per heavy atom. The van der Waals surface area contributed by atoms with Gasteiger partial charge in [-0.1, -0.05) is 22.0 Å². The molecule has 0 unspecified atom stereocenters. The molecule has 19 heavy (non-hydrogen) atoms. The molecule has 0 heterocycles. The number of rotatable bonds is 4. The molecule has 0 atom stereocenters. The van der Waals surface area contributed by atoms with Crippen molar-refractivity contribution in [1.29, 1.82) is 0 Å². The lowest BCUT2D eigenvalue weighted by Gasteiger charge is -2.09. The van der Waals surface area contributed by atoms with Gasteiger partial charge in [-0.25, -0.2) is 8.78 Å². The van der Waals surface area contributed by atoms with Crippen molar-refractivity contribution in [2.75, 3.05) is 7.05 Å². The summed E-state index contributed by atoms with van der Waals surface area (Å²) in [5.41, 5.74) is 0.795. The number of ether oxygens (including phenoxy) is 1. The molecule has 0 radical (unpaired) electrons. The second-order valence-electron chi connectivity index (χ2n) is 3.97. The van der Waals surface area contributed by atoms with Crippen LogP contribution in [0.3, 0.4) is 0 Å². The monoisotopic (exact) mass is 327 g/mol. The fourth-order valence-corrected chi connectivity index (χ4v) is 1.95. The average Bonchev–Trinajstić information content (AvgIpc) is 2.36. The van der Waals surface area contributed by atoms with Crippen molar-refractivity contribution in [3.63, 3.8) is 0 Å². The van der Waals surface area contributed by atoms with Gasteiger partial charge in [-0.3, -0.25) is 0 Å².